The van der Waals surface area contributed by atoms with Crippen molar-refractivity contribution >= 4 is 5.69 Å². The van der Waals surface area contributed by atoms with Crippen molar-refractivity contribution < 1.29 is 0 Å². The second-order valence-corrected chi connectivity index (χ2v) is 5.26. The summed E-state index contributed by atoms with van der Waals surface area (Å²) in [6.45, 7) is 2.07. The standard InChI is InChI=1S/C17H19N/c1-12-10-15(8-9-17(12)18)16-7-6-13-4-2-3-5-14(13)11-16/h6-11H,2-5,18H2,1H3. The van der Waals surface area contributed by atoms with Gasteiger partial charge in [-0.1, -0.05) is 24.3 Å². The van der Waals surface area contributed by atoms with Crippen LogP contribution in [0.25, 0.3) is 11.1 Å². The molecule has 0 radical (unpaired) electrons. The van der Waals surface area contributed by atoms with Crippen LogP contribution < -0.4 is 5.73 Å². The number of aryl methyl sites for hydroxylation is 3. The van der Waals surface area contributed by atoms with Crippen LogP contribution in [0, 0.1) is 6.92 Å². The number of hydrogen-bond donors (Lipinski definition) is 1. The Morgan fingerprint density at radius 3 is 2.28 bits per heavy atom. The third-order valence-electron chi connectivity index (χ3n) is 3.95. The molecule has 0 unspecified atom stereocenters. The molecular formula is C17H19N. The van der Waals surface area contributed by atoms with E-state index >= 15 is 0 Å². The SMILES string of the molecule is Cc1cc(-c2ccc3c(c2)CCCC3)ccc1N. The van der Waals surface area contributed by atoms with Crippen molar-refractivity contribution in [1.29, 1.82) is 0 Å². The monoisotopic (exact) mass is 237 g/mol. The molecule has 18 heavy (non-hydrogen) atoms. The molecule has 0 atom stereocenters. The largest absolute Gasteiger partial charge is 0.399 e. The van der Waals surface area contributed by atoms with Gasteiger partial charge in [0.05, 0.1) is 0 Å². The molecule has 2 N–H and O–H groups in total. The lowest BCUT2D eigenvalue weighted by Crippen LogP contribution is -2.02. The van der Waals surface area contributed by atoms with E-state index in [0.717, 1.165) is 11.3 Å². The Morgan fingerprint density at radius 2 is 1.50 bits per heavy atom. The molecule has 3 rings (SSSR count). The van der Waals surface area contributed by atoms with Crippen LogP contribution in [0.2, 0.25) is 0 Å². The zero-order chi connectivity index (χ0) is 12.5. The molecule has 0 saturated heterocycles. The summed E-state index contributed by atoms with van der Waals surface area (Å²) in [4.78, 5) is 0. The van der Waals surface area contributed by atoms with Crippen LogP contribution in [0.5, 0.6) is 0 Å². The van der Waals surface area contributed by atoms with E-state index in [-0.39, 0.29) is 0 Å². The first kappa shape index (κ1) is 11.3. The first-order valence-corrected chi connectivity index (χ1v) is 6.72. The lowest BCUT2D eigenvalue weighted by molar-refractivity contribution is 0.686. The third kappa shape index (κ3) is 2.01. The maximum Gasteiger partial charge on any atom is 0.0344 e. The topological polar surface area (TPSA) is 26.0 Å². The predicted octanol–water partition coefficient (Wildman–Crippen LogP) is 4.12. The van der Waals surface area contributed by atoms with E-state index in [1.165, 1.54) is 47.9 Å². The van der Waals surface area contributed by atoms with Gasteiger partial charge in [0, 0.05) is 5.69 Å². The molecule has 92 valence electrons. The van der Waals surface area contributed by atoms with Crippen molar-refractivity contribution in [3.05, 3.63) is 53.1 Å². The van der Waals surface area contributed by atoms with Crippen LogP contribution in [-0.2, 0) is 12.8 Å². The van der Waals surface area contributed by atoms with Gasteiger partial charge in [0.1, 0.15) is 0 Å². The highest BCUT2D eigenvalue weighted by atomic mass is 14.5. The Hall–Kier alpha value is -1.76. The van der Waals surface area contributed by atoms with E-state index in [0.29, 0.717) is 0 Å². The Bertz CT molecular complexity index is 584. The smallest absolute Gasteiger partial charge is 0.0344 e. The van der Waals surface area contributed by atoms with Crippen LogP contribution in [-0.4, -0.2) is 0 Å². The maximum absolute atomic E-state index is 5.88. The number of anilines is 1. The molecule has 1 nitrogen and oxygen atoms in total. The summed E-state index contributed by atoms with van der Waals surface area (Å²) in [5.41, 5.74) is 13.6. The number of nitrogens with two attached hydrogens (primary N) is 1. The van der Waals surface area contributed by atoms with Crippen LogP contribution in [0.1, 0.15) is 29.5 Å². The molecule has 0 spiro atoms. The minimum absolute atomic E-state index is 0.872. The first-order chi connectivity index (χ1) is 8.74. The Morgan fingerprint density at radius 1 is 0.833 bits per heavy atom. The van der Waals surface area contributed by atoms with Crippen LogP contribution >= 0.6 is 0 Å². The summed E-state index contributed by atoms with van der Waals surface area (Å²) in [7, 11) is 0. The minimum Gasteiger partial charge on any atom is -0.399 e. The molecule has 1 aliphatic rings. The van der Waals surface area contributed by atoms with Gasteiger partial charge in [-0.15, -0.1) is 0 Å². The molecule has 2 aromatic rings. The zero-order valence-electron chi connectivity index (χ0n) is 10.9. The van der Waals surface area contributed by atoms with Gasteiger partial charge in [-0.3, -0.25) is 0 Å². The average Bonchev–Trinajstić information content (AvgIpc) is 2.41. The summed E-state index contributed by atoms with van der Waals surface area (Å²) >= 11 is 0. The molecule has 0 heterocycles. The van der Waals surface area contributed by atoms with Gasteiger partial charge in [0.15, 0.2) is 0 Å². The predicted molar refractivity (Wildman–Crippen MR) is 77.7 cm³/mol. The van der Waals surface area contributed by atoms with Gasteiger partial charge >= 0.3 is 0 Å². The fourth-order valence-corrected chi connectivity index (χ4v) is 2.77. The van der Waals surface area contributed by atoms with Crippen molar-refractivity contribution in [2.75, 3.05) is 5.73 Å². The van der Waals surface area contributed by atoms with Crippen molar-refractivity contribution in [2.24, 2.45) is 0 Å². The Labute approximate surface area is 109 Å². The summed E-state index contributed by atoms with van der Waals surface area (Å²) in [5.74, 6) is 0. The van der Waals surface area contributed by atoms with Crippen molar-refractivity contribution in [1.82, 2.24) is 0 Å². The number of hydrogen-bond acceptors (Lipinski definition) is 1. The van der Waals surface area contributed by atoms with Crippen LogP contribution in [0.4, 0.5) is 5.69 Å². The van der Waals surface area contributed by atoms with Gasteiger partial charge in [0.25, 0.3) is 0 Å². The maximum atomic E-state index is 5.88. The van der Waals surface area contributed by atoms with E-state index in [4.69, 9.17) is 5.73 Å². The van der Waals surface area contributed by atoms with Gasteiger partial charge in [-0.25, -0.2) is 0 Å². The molecule has 0 bridgehead atoms. The molecule has 0 aromatic heterocycles. The summed E-state index contributed by atoms with van der Waals surface area (Å²) in [5, 5.41) is 0. The molecule has 0 saturated carbocycles. The van der Waals surface area contributed by atoms with E-state index < -0.39 is 0 Å². The summed E-state index contributed by atoms with van der Waals surface area (Å²) in [6, 6.07) is 13.2. The van der Waals surface area contributed by atoms with Gasteiger partial charge in [0.2, 0.25) is 0 Å². The molecule has 1 aliphatic carbocycles. The fraction of sp³-hybridized carbons (Fsp3) is 0.294. The van der Waals surface area contributed by atoms with Gasteiger partial charge in [-0.2, -0.15) is 0 Å². The van der Waals surface area contributed by atoms with Crippen LogP contribution in [0.3, 0.4) is 0 Å². The molecule has 1 heteroatoms. The molecule has 2 aromatic carbocycles. The minimum atomic E-state index is 0.872. The van der Waals surface area contributed by atoms with Crippen LogP contribution in [0.15, 0.2) is 36.4 Å². The number of fused-ring (bicyclic) bond motifs is 1. The Balaban J connectivity index is 2.03. The lowest BCUT2D eigenvalue weighted by Gasteiger charge is -2.17. The molecule has 0 aliphatic heterocycles. The molecular weight excluding hydrogens is 218 g/mol. The van der Waals surface area contributed by atoms with Crippen molar-refractivity contribution in [3.8, 4) is 11.1 Å². The van der Waals surface area contributed by atoms with Crippen molar-refractivity contribution in [3.63, 3.8) is 0 Å². The van der Waals surface area contributed by atoms with E-state index in [1.807, 2.05) is 6.07 Å². The van der Waals surface area contributed by atoms with Gasteiger partial charge in [-0.05, 0) is 72.6 Å². The highest BCUT2D eigenvalue weighted by Gasteiger charge is 2.10. The van der Waals surface area contributed by atoms with E-state index in [2.05, 4.69) is 37.3 Å². The quantitative estimate of drug-likeness (QED) is 0.742. The number of rotatable bonds is 1. The third-order valence-corrected chi connectivity index (χ3v) is 3.95. The zero-order valence-corrected chi connectivity index (χ0v) is 10.9. The number of nitrogen functional groups attached to an aromatic ring is 1. The highest BCUT2D eigenvalue weighted by Crippen LogP contribution is 2.28. The number of benzene rings is 2. The second-order valence-electron chi connectivity index (χ2n) is 5.26. The first-order valence-electron chi connectivity index (χ1n) is 6.72. The molecule has 0 amide bonds. The normalized spacial score (nSPS) is 14.3. The van der Waals surface area contributed by atoms with Crippen molar-refractivity contribution in [2.45, 2.75) is 32.6 Å². The van der Waals surface area contributed by atoms with E-state index in [1.54, 1.807) is 0 Å². The average molecular weight is 237 g/mol. The summed E-state index contributed by atoms with van der Waals surface area (Å²) < 4.78 is 0. The Kier molecular flexibility index (Phi) is 2.83. The van der Waals surface area contributed by atoms with Gasteiger partial charge < -0.3 is 5.73 Å². The molecule has 0 fully saturated rings. The second kappa shape index (κ2) is 4.49. The lowest BCUT2D eigenvalue weighted by atomic mass is 9.89. The highest BCUT2D eigenvalue weighted by molar-refractivity contribution is 5.68. The van der Waals surface area contributed by atoms with E-state index in [9.17, 15) is 0 Å². The fourth-order valence-electron chi connectivity index (χ4n) is 2.77. The summed E-state index contributed by atoms with van der Waals surface area (Å²) in [6.07, 6.45) is 5.15.